The number of aryl methyl sites for hydroxylation is 1. The minimum Gasteiger partial charge on any atom is -0.450 e. The molecular formula is C18H20N2O4S. The number of carbonyl (C=O) groups excluding carboxylic acids is 3. The summed E-state index contributed by atoms with van der Waals surface area (Å²) >= 11 is 1.30. The van der Waals surface area contributed by atoms with Crippen LogP contribution in [0.5, 0.6) is 0 Å². The van der Waals surface area contributed by atoms with E-state index in [2.05, 4.69) is 10.6 Å². The van der Waals surface area contributed by atoms with Crippen molar-refractivity contribution in [3.63, 3.8) is 0 Å². The van der Waals surface area contributed by atoms with Crippen molar-refractivity contribution >= 4 is 34.2 Å². The third kappa shape index (κ3) is 4.90. The minimum absolute atomic E-state index is 0.168. The van der Waals surface area contributed by atoms with Crippen LogP contribution in [-0.2, 0) is 16.0 Å². The number of carbonyl (C=O) groups is 3. The average Bonchev–Trinajstić information content (AvgIpc) is 2.82. The predicted octanol–water partition coefficient (Wildman–Crippen LogP) is 3.43. The fourth-order valence-corrected chi connectivity index (χ4v) is 3.34. The van der Waals surface area contributed by atoms with Crippen molar-refractivity contribution in [3.8, 4) is 0 Å². The highest BCUT2D eigenvalue weighted by Gasteiger charge is 2.22. The zero-order valence-corrected chi connectivity index (χ0v) is 15.2. The number of benzene rings is 1. The second-order valence-corrected chi connectivity index (χ2v) is 6.60. The van der Waals surface area contributed by atoms with Gasteiger partial charge in [0.2, 0.25) is 5.91 Å². The molecule has 1 heterocycles. The van der Waals surface area contributed by atoms with Gasteiger partial charge in [-0.05, 0) is 31.9 Å². The molecule has 0 atom stereocenters. The van der Waals surface area contributed by atoms with Crippen molar-refractivity contribution in [2.45, 2.75) is 27.2 Å². The first-order valence-electron chi connectivity index (χ1n) is 7.84. The van der Waals surface area contributed by atoms with Gasteiger partial charge in [0.25, 0.3) is 5.91 Å². The molecule has 2 N–H and O–H groups in total. The molecule has 1 aromatic heterocycles. The molecule has 0 aliphatic heterocycles. The lowest BCUT2D eigenvalue weighted by atomic mass is 10.1. The Bertz CT molecular complexity index is 784. The van der Waals surface area contributed by atoms with Crippen LogP contribution in [0.2, 0.25) is 0 Å². The van der Waals surface area contributed by atoms with Gasteiger partial charge < -0.3 is 10.1 Å². The van der Waals surface area contributed by atoms with Gasteiger partial charge in [-0.3, -0.25) is 14.9 Å². The molecule has 6 nitrogen and oxygen atoms in total. The van der Waals surface area contributed by atoms with Crippen LogP contribution in [0.25, 0.3) is 0 Å². The number of nitrogens with one attached hydrogen (secondary N) is 2. The number of ether oxygens (including phenoxy) is 1. The van der Waals surface area contributed by atoms with Gasteiger partial charge in [0.1, 0.15) is 5.00 Å². The molecule has 0 bridgehead atoms. The first kappa shape index (κ1) is 18.7. The molecule has 0 unspecified atom stereocenters. The van der Waals surface area contributed by atoms with Crippen LogP contribution in [-0.4, -0.2) is 24.5 Å². The van der Waals surface area contributed by atoms with Gasteiger partial charge in [0, 0.05) is 4.88 Å². The number of anilines is 1. The number of thiophene rings is 1. The van der Waals surface area contributed by atoms with Gasteiger partial charge >= 0.3 is 6.09 Å². The summed E-state index contributed by atoms with van der Waals surface area (Å²) in [5.74, 6) is -0.812. The number of imide groups is 1. The van der Waals surface area contributed by atoms with E-state index in [9.17, 15) is 14.4 Å². The number of rotatable bonds is 5. The van der Waals surface area contributed by atoms with Gasteiger partial charge in [-0.2, -0.15) is 0 Å². The second kappa shape index (κ2) is 8.43. The summed E-state index contributed by atoms with van der Waals surface area (Å²) in [7, 11) is 0. The molecule has 3 amide bonds. The Morgan fingerprint density at radius 3 is 2.44 bits per heavy atom. The molecule has 0 aliphatic carbocycles. The van der Waals surface area contributed by atoms with Crippen LogP contribution in [0.3, 0.4) is 0 Å². The van der Waals surface area contributed by atoms with Crippen molar-refractivity contribution in [1.29, 1.82) is 0 Å². The zero-order chi connectivity index (χ0) is 18.4. The highest BCUT2D eigenvalue weighted by atomic mass is 32.1. The lowest BCUT2D eigenvalue weighted by molar-refractivity contribution is -0.115. The maximum absolute atomic E-state index is 12.4. The molecule has 1 aromatic carbocycles. The molecule has 0 fully saturated rings. The van der Waals surface area contributed by atoms with Gasteiger partial charge in [0.05, 0.1) is 18.6 Å². The molecule has 0 radical (unpaired) electrons. The van der Waals surface area contributed by atoms with E-state index in [1.165, 1.54) is 11.3 Å². The average molecular weight is 360 g/mol. The van der Waals surface area contributed by atoms with E-state index in [1.54, 1.807) is 13.8 Å². The summed E-state index contributed by atoms with van der Waals surface area (Å²) in [5, 5.41) is 5.37. The zero-order valence-electron chi connectivity index (χ0n) is 14.3. The van der Waals surface area contributed by atoms with Crippen molar-refractivity contribution < 1.29 is 19.1 Å². The Kier molecular flexibility index (Phi) is 6.30. The summed E-state index contributed by atoms with van der Waals surface area (Å²) in [6, 6.07) is 9.32. The maximum Gasteiger partial charge on any atom is 0.414 e. The Balaban J connectivity index is 2.15. The van der Waals surface area contributed by atoms with Crippen LogP contribution in [0.1, 0.15) is 33.3 Å². The van der Waals surface area contributed by atoms with E-state index in [1.807, 2.05) is 37.3 Å². The highest BCUT2D eigenvalue weighted by molar-refractivity contribution is 7.16. The van der Waals surface area contributed by atoms with Gasteiger partial charge in [-0.25, -0.2) is 4.79 Å². The van der Waals surface area contributed by atoms with E-state index in [-0.39, 0.29) is 24.5 Å². The molecule has 0 saturated carbocycles. The molecule has 25 heavy (non-hydrogen) atoms. The van der Waals surface area contributed by atoms with Crippen molar-refractivity contribution in [2.75, 3.05) is 11.9 Å². The number of amides is 3. The van der Waals surface area contributed by atoms with Crippen LogP contribution < -0.4 is 10.6 Å². The minimum atomic E-state index is -0.808. The Morgan fingerprint density at radius 1 is 1.12 bits per heavy atom. The van der Waals surface area contributed by atoms with Crippen LogP contribution in [0.15, 0.2) is 30.3 Å². The highest BCUT2D eigenvalue weighted by Crippen LogP contribution is 2.32. The van der Waals surface area contributed by atoms with E-state index >= 15 is 0 Å². The fraction of sp³-hybridized carbons (Fsp3) is 0.278. The quantitative estimate of drug-likeness (QED) is 0.855. The molecule has 0 saturated heterocycles. The smallest absolute Gasteiger partial charge is 0.414 e. The topological polar surface area (TPSA) is 84.5 Å². The lowest BCUT2D eigenvalue weighted by Crippen LogP contribution is -2.32. The predicted molar refractivity (Wildman–Crippen MR) is 97.1 cm³/mol. The van der Waals surface area contributed by atoms with Crippen LogP contribution >= 0.6 is 11.3 Å². The molecule has 7 heteroatoms. The summed E-state index contributed by atoms with van der Waals surface area (Å²) < 4.78 is 4.73. The Morgan fingerprint density at radius 2 is 1.80 bits per heavy atom. The summed E-state index contributed by atoms with van der Waals surface area (Å²) in [4.78, 5) is 37.0. The maximum atomic E-state index is 12.4. The monoisotopic (exact) mass is 360 g/mol. The van der Waals surface area contributed by atoms with E-state index in [0.717, 1.165) is 16.0 Å². The van der Waals surface area contributed by atoms with E-state index < -0.39 is 12.0 Å². The summed E-state index contributed by atoms with van der Waals surface area (Å²) in [6.45, 7) is 5.45. The SMILES string of the molecule is CCOC(=O)NC(=O)c1c(NC(=O)Cc2ccccc2)sc(C)c1C. The van der Waals surface area contributed by atoms with Gasteiger partial charge in [-0.1, -0.05) is 30.3 Å². The fourth-order valence-electron chi connectivity index (χ4n) is 2.26. The molecule has 2 aromatic rings. The summed E-state index contributed by atoms with van der Waals surface area (Å²) in [5.41, 5.74) is 1.89. The Hall–Kier alpha value is -2.67. The third-order valence-electron chi connectivity index (χ3n) is 3.56. The van der Waals surface area contributed by atoms with Crippen LogP contribution in [0, 0.1) is 13.8 Å². The number of hydrogen-bond acceptors (Lipinski definition) is 5. The Labute approximate surface area is 150 Å². The molecular weight excluding hydrogens is 340 g/mol. The summed E-state index contributed by atoms with van der Waals surface area (Å²) in [6.07, 6.45) is -0.604. The standard InChI is InChI=1S/C18H20N2O4S/c1-4-24-18(23)20-16(22)15-11(2)12(3)25-17(15)19-14(21)10-13-8-6-5-7-9-13/h5-9H,4,10H2,1-3H3,(H,19,21)(H,20,22,23). The molecule has 0 aliphatic rings. The van der Waals surface area contributed by atoms with Crippen molar-refractivity contribution in [3.05, 3.63) is 51.9 Å². The molecule has 2 rings (SSSR count). The van der Waals surface area contributed by atoms with Crippen molar-refractivity contribution in [1.82, 2.24) is 5.32 Å². The normalized spacial score (nSPS) is 10.2. The number of alkyl carbamates (subject to hydrolysis) is 1. The van der Waals surface area contributed by atoms with E-state index in [4.69, 9.17) is 4.74 Å². The van der Waals surface area contributed by atoms with Gasteiger partial charge in [-0.15, -0.1) is 11.3 Å². The van der Waals surface area contributed by atoms with Crippen molar-refractivity contribution in [2.24, 2.45) is 0 Å². The molecule has 132 valence electrons. The van der Waals surface area contributed by atoms with E-state index in [0.29, 0.717) is 5.00 Å². The first-order valence-corrected chi connectivity index (χ1v) is 8.65. The third-order valence-corrected chi connectivity index (χ3v) is 4.69. The number of hydrogen-bond donors (Lipinski definition) is 2. The van der Waals surface area contributed by atoms with Crippen LogP contribution in [0.4, 0.5) is 9.80 Å². The first-order chi connectivity index (χ1) is 11.9. The second-order valence-electron chi connectivity index (χ2n) is 5.37. The van der Waals surface area contributed by atoms with Gasteiger partial charge in [0.15, 0.2) is 0 Å². The lowest BCUT2D eigenvalue weighted by Gasteiger charge is -2.08. The molecule has 0 spiro atoms. The largest absolute Gasteiger partial charge is 0.450 e.